The number of likely N-dealkylation sites (tertiary alicyclic amines) is 1. The van der Waals surface area contributed by atoms with Crippen LogP contribution in [0.2, 0.25) is 0 Å². The van der Waals surface area contributed by atoms with Gasteiger partial charge in [-0.3, -0.25) is 14.7 Å². The molecule has 0 aliphatic carbocycles. The second-order valence-electron chi connectivity index (χ2n) is 9.91. The van der Waals surface area contributed by atoms with Crippen molar-refractivity contribution in [2.75, 3.05) is 26.2 Å². The summed E-state index contributed by atoms with van der Waals surface area (Å²) in [5.74, 6) is -2.13. The van der Waals surface area contributed by atoms with Crippen LogP contribution < -0.4 is 5.32 Å². The topological polar surface area (TPSA) is 74.8 Å². The lowest BCUT2D eigenvalue weighted by molar-refractivity contribution is -0.165. The number of piperidine rings is 1. The molecule has 0 spiro atoms. The number of nitrogens with one attached hydrogen (secondary N) is 1. The van der Waals surface area contributed by atoms with E-state index >= 15 is 0 Å². The van der Waals surface area contributed by atoms with Gasteiger partial charge >= 0.3 is 6.03 Å². The quantitative estimate of drug-likeness (QED) is 0.691. The van der Waals surface area contributed by atoms with Gasteiger partial charge in [-0.1, -0.05) is 12.1 Å². The predicted molar refractivity (Wildman–Crippen MR) is 127 cm³/mol. The first-order valence-corrected chi connectivity index (χ1v) is 12.0. The predicted octanol–water partition coefficient (Wildman–Crippen LogP) is 4.02. The van der Waals surface area contributed by atoms with E-state index in [1.54, 1.807) is 13.8 Å². The van der Waals surface area contributed by atoms with E-state index in [1.807, 2.05) is 25.3 Å². The standard InChI is InChI=1S/C26H32F2N4O3/c1-17(15-31-12-9-18(10-13-31)22-6-4-5-11-29-22)30-25(34)32-23(33)16-35-26(2,3)24(32)19-7-8-20(27)21(28)14-19/h4-8,11,14,17-18,24H,9-10,12-13,15-16H2,1-3H3,(H,30,34)/t17-,24?/m0/s1. The number of urea groups is 1. The third-order valence-corrected chi connectivity index (χ3v) is 6.83. The second-order valence-corrected chi connectivity index (χ2v) is 9.91. The number of halogens is 2. The average molecular weight is 487 g/mol. The van der Waals surface area contributed by atoms with Gasteiger partial charge in [-0.05, 0) is 76.5 Å². The Hall–Kier alpha value is -2.91. The molecular weight excluding hydrogens is 454 g/mol. The monoisotopic (exact) mass is 486 g/mol. The minimum atomic E-state index is -1.04. The summed E-state index contributed by atoms with van der Waals surface area (Å²) < 4.78 is 33.2. The fourth-order valence-electron chi connectivity index (χ4n) is 5.06. The van der Waals surface area contributed by atoms with Crippen molar-refractivity contribution in [3.8, 4) is 0 Å². The van der Waals surface area contributed by atoms with E-state index < -0.39 is 35.2 Å². The number of hydrogen-bond donors (Lipinski definition) is 1. The molecule has 1 aromatic carbocycles. The minimum Gasteiger partial charge on any atom is -0.363 e. The number of rotatable bonds is 5. The van der Waals surface area contributed by atoms with Crippen molar-refractivity contribution in [3.63, 3.8) is 0 Å². The van der Waals surface area contributed by atoms with Crippen LogP contribution in [0.1, 0.15) is 56.8 Å². The van der Waals surface area contributed by atoms with Gasteiger partial charge in [-0.25, -0.2) is 13.6 Å². The fraction of sp³-hybridized carbons (Fsp3) is 0.500. The summed E-state index contributed by atoms with van der Waals surface area (Å²) in [5, 5.41) is 2.92. The van der Waals surface area contributed by atoms with E-state index in [2.05, 4.69) is 21.3 Å². The third kappa shape index (κ3) is 5.67. The van der Waals surface area contributed by atoms with Crippen LogP contribution >= 0.6 is 0 Å². The number of ether oxygens (including phenoxy) is 1. The van der Waals surface area contributed by atoms with Gasteiger partial charge in [0.1, 0.15) is 6.61 Å². The molecule has 2 aliphatic rings. The Morgan fingerprint density at radius 2 is 1.94 bits per heavy atom. The Bertz CT molecular complexity index is 1060. The van der Waals surface area contributed by atoms with Crippen molar-refractivity contribution in [1.29, 1.82) is 0 Å². The highest BCUT2D eigenvalue weighted by Gasteiger charge is 2.46. The summed E-state index contributed by atoms with van der Waals surface area (Å²) in [6, 6.07) is 7.67. The largest absolute Gasteiger partial charge is 0.363 e. The van der Waals surface area contributed by atoms with Gasteiger partial charge in [0, 0.05) is 30.4 Å². The molecule has 35 heavy (non-hydrogen) atoms. The number of nitrogens with zero attached hydrogens (tertiary/aromatic N) is 3. The fourth-order valence-corrected chi connectivity index (χ4v) is 5.06. The number of amides is 3. The van der Waals surface area contributed by atoms with Crippen molar-refractivity contribution < 1.29 is 23.1 Å². The zero-order valence-electron chi connectivity index (χ0n) is 20.3. The number of aromatic nitrogens is 1. The maximum Gasteiger partial charge on any atom is 0.325 e. The van der Waals surface area contributed by atoms with E-state index in [-0.39, 0.29) is 12.6 Å². The molecule has 3 amide bonds. The van der Waals surface area contributed by atoms with Crippen LogP contribution in [0.4, 0.5) is 13.6 Å². The Balaban J connectivity index is 1.40. The first kappa shape index (κ1) is 25.2. The summed E-state index contributed by atoms with van der Waals surface area (Å²) in [6.07, 6.45) is 3.80. The van der Waals surface area contributed by atoms with Crippen LogP contribution in [0.25, 0.3) is 0 Å². The molecule has 2 fully saturated rings. The Labute approximate surface area is 204 Å². The number of hydrogen-bond acceptors (Lipinski definition) is 5. The maximum absolute atomic E-state index is 14.0. The summed E-state index contributed by atoms with van der Waals surface area (Å²) in [5.41, 5.74) is 0.429. The van der Waals surface area contributed by atoms with E-state index in [0.29, 0.717) is 18.0 Å². The lowest BCUT2D eigenvalue weighted by Gasteiger charge is -2.45. The molecule has 0 radical (unpaired) electrons. The van der Waals surface area contributed by atoms with Crippen molar-refractivity contribution in [1.82, 2.24) is 20.1 Å². The number of morpholine rings is 1. The zero-order valence-corrected chi connectivity index (χ0v) is 20.3. The number of imide groups is 1. The average Bonchev–Trinajstić information content (AvgIpc) is 2.83. The molecule has 0 saturated carbocycles. The van der Waals surface area contributed by atoms with Crippen molar-refractivity contribution in [2.24, 2.45) is 0 Å². The molecule has 4 rings (SSSR count). The van der Waals surface area contributed by atoms with Crippen LogP contribution in [0.5, 0.6) is 0 Å². The zero-order chi connectivity index (χ0) is 25.2. The smallest absolute Gasteiger partial charge is 0.325 e. The SMILES string of the molecule is C[C@@H](CN1CCC(c2ccccn2)CC1)NC(=O)N1C(=O)COC(C)(C)C1c1ccc(F)c(F)c1. The molecule has 1 N–H and O–H groups in total. The summed E-state index contributed by atoms with van der Waals surface area (Å²) in [4.78, 5) is 33.9. The van der Waals surface area contributed by atoms with E-state index in [9.17, 15) is 18.4 Å². The van der Waals surface area contributed by atoms with Crippen LogP contribution in [-0.4, -0.2) is 64.6 Å². The highest BCUT2D eigenvalue weighted by atomic mass is 19.2. The van der Waals surface area contributed by atoms with Crippen molar-refractivity contribution >= 4 is 11.9 Å². The third-order valence-electron chi connectivity index (χ3n) is 6.83. The van der Waals surface area contributed by atoms with Crippen LogP contribution in [-0.2, 0) is 9.53 Å². The second kappa shape index (κ2) is 10.4. The molecule has 2 aliphatic heterocycles. The lowest BCUT2D eigenvalue weighted by Crippen LogP contribution is -2.60. The number of benzene rings is 1. The van der Waals surface area contributed by atoms with Gasteiger partial charge in [-0.15, -0.1) is 0 Å². The molecule has 188 valence electrons. The van der Waals surface area contributed by atoms with Crippen LogP contribution in [0, 0.1) is 11.6 Å². The summed E-state index contributed by atoms with van der Waals surface area (Å²) in [7, 11) is 0. The van der Waals surface area contributed by atoms with E-state index in [1.165, 1.54) is 6.07 Å². The summed E-state index contributed by atoms with van der Waals surface area (Å²) >= 11 is 0. The molecule has 1 unspecified atom stereocenters. The molecular formula is C26H32F2N4O3. The molecule has 3 heterocycles. The molecule has 7 nitrogen and oxygen atoms in total. The molecule has 0 bridgehead atoms. The Morgan fingerprint density at radius 3 is 2.60 bits per heavy atom. The van der Waals surface area contributed by atoms with Gasteiger partial charge in [0.2, 0.25) is 0 Å². The number of carbonyl (C=O) groups is 2. The van der Waals surface area contributed by atoms with E-state index in [0.717, 1.165) is 48.7 Å². The normalized spacial score (nSPS) is 22.1. The highest BCUT2D eigenvalue weighted by Crippen LogP contribution is 2.38. The first-order chi connectivity index (χ1) is 16.7. The molecule has 2 aromatic rings. The van der Waals surface area contributed by atoms with Gasteiger partial charge in [0.15, 0.2) is 11.6 Å². The van der Waals surface area contributed by atoms with Gasteiger partial charge < -0.3 is 15.0 Å². The van der Waals surface area contributed by atoms with Crippen LogP contribution in [0.3, 0.4) is 0 Å². The minimum absolute atomic E-state index is 0.224. The van der Waals surface area contributed by atoms with Gasteiger partial charge in [-0.2, -0.15) is 0 Å². The molecule has 9 heteroatoms. The maximum atomic E-state index is 14.0. The lowest BCUT2D eigenvalue weighted by atomic mass is 9.88. The highest BCUT2D eigenvalue weighted by molar-refractivity contribution is 5.96. The van der Waals surface area contributed by atoms with Crippen LogP contribution in [0.15, 0.2) is 42.6 Å². The molecule has 2 atom stereocenters. The van der Waals surface area contributed by atoms with Crippen molar-refractivity contribution in [2.45, 2.75) is 57.2 Å². The van der Waals surface area contributed by atoms with Gasteiger partial charge in [0.25, 0.3) is 5.91 Å². The molecule has 1 aromatic heterocycles. The number of pyridine rings is 1. The summed E-state index contributed by atoms with van der Waals surface area (Å²) in [6.45, 7) is 7.49. The van der Waals surface area contributed by atoms with Crippen molar-refractivity contribution in [3.05, 3.63) is 65.5 Å². The Morgan fingerprint density at radius 1 is 1.20 bits per heavy atom. The van der Waals surface area contributed by atoms with E-state index in [4.69, 9.17) is 4.74 Å². The van der Waals surface area contributed by atoms with Gasteiger partial charge in [0.05, 0.1) is 11.6 Å². The number of carbonyl (C=O) groups excluding carboxylic acids is 2. The molecule has 2 saturated heterocycles. The first-order valence-electron chi connectivity index (χ1n) is 12.0. The Kier molecular flexibility index (Phi) is 7.47.